The quantitative estimate of drug-likeness (QED) is 0.277. The molecule has 2 aliphatic heterocycles. The summed E-state index contributed by atoms with van der Waals surface area (Å²) >= 11 is 6.63. The Kier molecular flexibility index (Phi) is 6.34. The van der Waals surface area contributed by atoms with Gasteiger partial charge in [-0.3, -0.25) is 5.10 Å². The number of aryl methyl sites for hydroxylation is 1. The Morgan fingerprint density at radius 2 is 1.81 bits per heavy atom. The lowest BCUT2D eigenvalue weighted by Crippen LogP contribution is -2.51. The molecular weight excluding hydrogens is 574 g/mol. The fourth-order valence-electron chi connectivity index (χ4n) is 6.67. The molecule has 4 heterocycles. The number of benzene rings is 2. The summed E-state index contributed by atoms with van der Waals surface area (Å²) in [5, 5.41) is 11.2. The Morgan fingerprint density at radius 1 is 1.10 bits per heavy atom. The highest BCUT2D eigenvalue weighted by molar-refractivity contribution is 6.36. The number of hydrogen-bond acceptors (Lipinski definition) is 7. The predicted octanol–water partition coefficient (Wildman–Crippen LogP) is 5.32. The van der Waals surface area contributed by atoms with E-state index in [9.17, 15) is 8.78 Å². The molecule has 3 aliphatic rings. The zero-order valence-electron chi connectivity index (χ0n) is 23.4. The molecular formula is C29H30ClF4N7O. The predicted molar refractivity (Wildman–Crippen MR) is 152 cm³/mol. The summed E-state index contributed by atoms with van der Waals surface area (Å²) in [5.74, 6) is -4.35. The molecule has 2 bridgehead atoms. The van der Waals surface area contributed by atoms with Crippen molar-refractivity contribution in [2.45, 2.75) is 44.2 Å². The van der Waals surface area contributed by atoms with E-state index in [2.05, 4.69) is 25.5 Å². The van der Waals surface area contributed by atoms with Crippen molar-refractivity contribution >= 4 is 39.2 Å². The molecule has 0 spiro atoms. The molecule has 0 amide bonds. The average Bonchev–Trinajstić information content (AvgIpc) is 3.23. The van der Waals surface area contributed by atoms with Crippen molar-refractivity contribution in [3.63, 3.8) is 0 Å². The second-order valence-electron chi connectivity index (χ2n) is 12.2. The van der Waals surface area contributed by atoms with E-state index >= 15 is 8.78 Å². The minimum atomic E-state index is -2.89. The first-order valence-corrected chi connectivity index (χ1v) is 14.3. The molecule has 2 aromatic carbocycles. The number of aromatic amines is 1. The van der Waals surface area contributed by atoms with Crippen molar-refractivity contribution in [1.82, 2.24) is 30.4 Å². The summed E-state index contributed by atoms with van der Waals surface area (Å²) < 4.78 is 67.4. The van der Waals surface area contributed by atoms with Gasteiger partial charge >= 0.3 is 6.01 Å². The number of alkyl halides is 2. The van der Waals surface area contributed by atoms with Crippen LogP contribution in [0.2, 0.25) is 5.02 Å². The van der Waals surface area contributed by atoms with E-state index in [1.165, 1.54) is 12.3 Å². The van der Waals surface area contributed by atoms with Gasteiger partial charge in [-0.25, -0.2) is 17.6 Å². The maximum absolute atomic E-state index is 16.6. The van der Waals surface area contributed by atoms with Gasteiger partial charge in [0.2, 0.25) is 0 Å². The number of nitrogens with zero attached hydrogens (tertiary/aromatic N) is 5. The smallest absolute Gasteiger partial charge is 0.319 e. The minimum absolute atomic E-state index is 0.109. The van der Waals surface area contributed by atoms with Gasteiger partial charge in [-0.05, 0) is 51.6 Å². The molecule has 42 heavy (non-hydrogen) atoms. The van der Waals surface area contributed by atoms with Gasteiger partial charge < -0.3 is 19.9 Å². The summed E-state index contributed by atoms with van der Waals surface area (Å²) in [4.78, 5) is 12.6. The third-order valence-electron chi connectivity index (χ3n) is 8.78. The monoisotopic (exact) mass is 603 g/mol. The van der Waals surface area contributed by atoms with E-state index in [1.807, 2.05) is 4.90 Å². The topological polar surface area (TPSA) is 82.2 Å². The van der Waals surface area contributed by atoms with Crippen LogP contribution in [0.25, 0.3) is 32.9 Å². The molecule has 4 aromatic rings. The van der Waals surface area contributed by atoms with Gasteiger partial charge in [0.1, 0.15) is 23.8 Å². The first-order valence-electron chi connectivity index (χ1n) is 13.9. The van der Waals surface area contributed by atoms with Crippen molar-refractivity contribution in [2.75, 3.05) is 45.2 Å². The van der Waals surface area contributed by atoms with Crippen LogP contribution >= 0.6 is 11.6 Å². The number of fused-ring (bicyclic) bond motifs is 4. The fraction of sp³-hybridized carbons (Fsp3) is 0.483. The van der Waals surface area contributed by atoms with Gasteiger partial charge in [0.25, 0.3) is 5.92 Å². The van der Waals surface area contributed by atoms with Gasteiger partial charge in [-0.1, -0.05) is 11.6 Å². The summed E-state index contributed by atoms with van der Waals surface area (Å²) in [6, 6.07) is 3.17. The number of halogens is 5. The molecule has 0 radical (unpaired) electrons. The number of hydrogen-bond donors (Lipinski definition) is 2. The van der Waals surface area contributed by atoms with Gasteiger partial charge in [0.15, 0.2) is 5.82 Å². The number of H-pyrrole nitrogens is 1. The Balaban J connectivity index is 1.38. The molecule has 2 saturated heterocycles. The molecule has 2 aromatic heterocycles. The van der Waals surface area contributed by atoms with E-state index in [0.29, 0.717) is 35.4 Å². The molecule has 3 atom stereocenters. The number of rotatable bonds is 7. The SMILES string of the molecule is Cc1cc2[nH]ncc2c(-c2c(F)cc3c(N4C[C@H]5CC[C@@H](C4)N5)nc(OCC4(CN(C)C)CC4(F)F)nc3c2F)c1Cl. The van der Waals surface area contributed by atoms with Gasteiger partial charge in [0, 0.05) is 54.5 Å². The Bertz CT molecular complexity index is 1720. The van der Waals surface area contributed by atoms with Crippen LogP contribution in [0.5, 0.6) is 6.01 Å². The van der Waals surface area contributed by atoms with E-state index in [-0.39, 0.29) is 64.7 Å². The lowest BCUT2D eigenvalue weighted by molar-refractivity contribution is 0.0288. The van der Waals surface area contributed by atoms with Crippen LogP contribution in [0.4, 0.5) is 23.4 Å². The van der Waals surface area contributed by atoms with Crippen LogP contribution in [0.15, 0.2) is 18.3 Å². The molecule has 1 aliphatic carbocycles. The molecule has 3 fully saturated rings. The van der Waals surface area contributed by atoms with E-state index in [1.54, 1.807) is 32.0 Å². The highest BCUT2D eigenvalue weighted by Gasteiger charge is 2.71. The molecule has 1 unspecified atom stereocenters. The van der Waals surface area contributed by atoms with Crippen molar-refractivity contribution in [2.24, 2.45) is 5.41 Å². The number of piperazine rings is 1. The first-order chi connectivity index (χ1) is 20.0. The molecule has 8 nitrogen and oxygen atoms in total. The number of nitrogens with one attached hydrogen (secondary N) is 2. The van der Waals surface area contributed by atoms with Crippen LogP contribution < -0.4 is 15.0 Å². The third-order valence-corrected chi connectivity index (χ3v) is 9.27. The first kappa shape index (κ1) is 27.6. The second kappa shape index (κ2) is 9.65. The van der Waals surface area contributed by atoms with Crippen molar-refractivity contribution in [3.05, 3.63) is 40.6 Å². The third kappa shape index (κ3) is 4.37. The van der Waals surface area contributed by atoms with Gasteiger partial charge in [-0.2, -0.15) is 15.1 Å². The summed E-state index contributed by atoms with van der Waals surface area (Å²) in [6.07, 6.45) is 3.11. The average molecular weight is 604 g/mol. The highest BCUT2D eigenvalue weighted by atomic mass is 35.5. The standard InChI is InChI=1S/C29H30ClF4N7O/c1-14-6-20-18(8-35-39-20)21(23(14)30)22-19(31)7-17-25(24(22)32)37-27(42-13-28(12-40(2)3)11-29(28,33)34)38-26(17)41-9-15-4-5-16(10-41)36-15/h6-8,15-16,36H,4-5,9-13H2,1-3H3,(H,35,39)/t15-,16+,28?. The normalized spacial score (nSPS) is 24.7. The van der Waals surface area contributed by atoms with Crippen molar-refractivity contribution in [1.29, 1.82) is 0 Å². The van der Waals surface area contributed by atoms with Crippen LogP contribution in [0.1, 0.15) is 24.8 Å². The largest absolute Gasteiger partial charge is 0.463 e. The summed E-state index contributed by atoms with van der Waals surface area (Å²) in [7, 11) is 3.44. The lowest BCUT2D eigenvalue weighted by atomic mass is 9.96. The molecule has 2 N–H and O–H groups in total. The van der Waals surface area contributed by atoms with Crippen LogP contribution in [-0.2, 0) is 0 Å². The second-order valence-corrected chi connectivity index (χ2v) is 12.6. The van der Waals surface area contributed by atoms with Crippen LogP contribution in [0.3, 0.4) is 0 Å². The minimum Gasteiger partial charge on any atom is -0.463 e. The zero-order chi connectivity index (χ0) is 29.6. The van der Waals surface area contributed by atoms with Crippen LogP contribution in [-0.4, -0.2) is 83.4 Å². The Labute approximate surface area is 244 Å². The van der Waals surface area contributed by atoms with E-state index in [0.717, 1.165) is 12.8 Å². The van der Waals surface area contributed by atoms with E-state index in [4.69, 9.17) is 16.3 Å². The Hall–Kier alpha value is -3.22. The summed E-state index contributed by atoms with van der Waals surface area (Å²) in [5.41, 5.74) is -0.569. The fourth-order valence-corrected chi connectivity index (χ4v) is 6.92. The molecule has 7 rings (SSSR count). The highest BCUT2D eigenvalue weighted by Crippen LogP contribution is 2.60. The van der Waals surface area contributed by atoms with E-state index < -0.39 is 23.0 Å². The molecule has 13 heteroatoms. The van der Waals surface area contributed by atoms with Gasteiger partial charge in [-0.15, -0.1) is 0 Å². The molecule has 222 valence electrons. The maximum atomic E-state index is 16.6. The number of ether oxygens (including phenoxy) is 1. The van der Waals surface area contributed by atoms with Gasteiger partial charge in [0.05, 0.1) is 27.7 Å². The van der Waals surface area contributed by atoms with Crippen LogP contribution in [0, 0.1) is 24.0 Å². The van der Waals surface area contributed by atoms with Crippen molar-refractivity contribution in [3.8, 4) is 17.1 Å². The summed E-state index contributed by atoms with van der Waals surface area (Å²) in [6.45, 7) is 2.66. The number of anilines is 1. The lowest BCUT2D eigenvalue weighted by Gasteiger charge is -2.34. The number of aromatic nitrogens is 4. The molecule has 1 saturated carbocycles. The van der Waals surface area contributed by atoms with Crippen molar-refractivity contribution < 1.29 is 22.3 Å². The maximum Gasteiger partial charge on any atom is 0.319 e. The zero-order valence-corrected chi connectivity index (χ0v) is 24.1. The Morgan fingerprint density at radius 3 is 2.48 bits per heavy atom.